The van der Waals surface area contributed by atoms with Gasteiger partial charge in [0.15, 0.2) is 0 Å². The van der Waals surface area contributed by atoms with Gasteiger partial charge in [-0.3, -0.25) is 0 Å². The van der Waals surface area contributed by atoms with Crippen LogP contribution in [0.25, 0.3) is 98.4 Å². The molecule has 1 heteroatoms. The summed E-state index contributed by atoms with van der Waals surface area (Å²) in [6.07, 6.45) is 0. The molecule has 1 heterocycles. The maximum atomic E-state index is 9.02. The predicted octanol–water partition coefficient (Wildman–Crippen LogP) is 13.2. The van der Waals surface area contributed by atoms with Crippen molar-refractivity contribution in [3.63, 3.8) is 0 Å². The van der Waals surface area contributed by atoms with E-state index in [4.69, 9.17) is 14.0 Å². The van der Waals surface area contributed by atoms with Crippen LogP contribution in [0.5, 0.6) is 0 Å². The van der Waals surface area contributed by atoms with E-state index in [1.54, 1.807) is 0 Å². The summed E-state index contributed by atoms with van der Waals surface area (Å²) in [4.78, 5) is 0. The SMILES string of the molecule is [2H]c1c([2H])c([2H])c2c([2H])c(-c3ccc(-c4c5ccccc5c(-c5ccc6oc7cc8ccccc8cc7c6c5)c5ccccc45)cc3)c([2H])c([2H])c2c1[2H]. The number of fused-ring (bicyclic) bond motifs is 7. The van der Waals surface area contributed by atoms with Gasteiger partial charge in [-0.15, -0.1) is 0 Å². The molecule has 0 aliphatic rings. The minimum Gasteiger partial charge on any atom is -0.456 e. The molecular formula is C46H28O. The summed E-state index contributed by atoms with van der Waals surface area (Å²) >= 11 is 0. The standard InChI is InChI=1S/C46H28O/c1-2-10-32-25-35(22-19-29(32)9-1)30-17-20-31(21-18-30)45-37-13-5-7-15-39(37)46(40-16-8-6-14-38(40)45)36-23-24-43-41(27-36)42-26-33-11-3-4-12-34(33)28-44(42)47-43/h1-28H/i1D,2D,9D,10D,19D,22D,25D. The maximum absolute atomic E-state index is 9.02. The van der Waals surface area contributed by atoms with Crippen LogP contribution in [0.3, 0.4) is 0 Å². The smallest absolute Gasteiger partial charge is 0.136 e. The van der Waals surface area contributed by atoms with E-state index in [0.29, 0.717) is 5.56 Å². The summed E-state index contributed by atoms with van der Waals surface area (Å²) in [5.74, 6) is 0. The van der Waals surface area contributed by atoms with Gasteiger partial charge >= 0.3 is 0 Å². The molecule has 1 nitrogen and oxygen atoms in total. The third-order valence-electron chi connectivity index (χ3n) is 9.27. The summed E-state index contributed by atoms with van der Waals surface area (Å²) in [5, 5.41) is 8.60. The molecule has 10 aromatic rings. The minimum atomic E-state index is -0.480. The molecule has 0 amide bonds. The van der Waals surface area contributed by atoms with Crippen molar-refractivity contribution in [2.24, 2.45) is 0 Å². The van der Waals surface area contributed by atoms with Crippen molar-refractivity contribution < 1.29 is 14.0 Å². The molecule has 47 heavy (non-hydrogen) atoms. The van der Waals surface area contributed by atoms with Crippen LogP contribution in [-0.4, -0.2) is 0 Å². The van der Waals surface area contributed by atoms with Gasteiger partial charge < -0.3 is 4.42 Å². The zero-order valence-corrected chi connectivity index (χ0v) is 25.0. The van der Waals surface area contributed by atoms with E-state index < -0.39 is 18.1 Å². The fourth-order valence-electron chi connectivity index (χ4n) is 7.10. The van der Waals surface area contributed by atoms with Crippen molar-refractivity contribution in [1.29, 1.82) is 0 Å². The van der Waals surface area contributed by atoms with Gasteiger partial charge in [-0.2, -0.15) is 0 Å². The van der Waals surface area contributed by atoms with Gasteiger partial charge in [0, 0.05) is 10.8 Å². The molecule has 0 aliphatic carbocycles. The fraction of sp³-hybridized carbons (Fsp3) is 0. The molecule has 0 atom stereocenters. The Hall–Kier alpha value is -6.18. The monoisotopic (exact) mass is 603 g/mol. The number of furan rings is 1. The lowest BCUT2D eigenvalue weighted by molar-refractivity contribution is 0.669. The quantitative estimate of drug-likeness (QED) is 0.183. The molecule has 1 aromatic heterocycles. The van der Waals surface area contributed by atoms with Gasteiger partial charge in [-0.1, -0.05) is 139 Å². The molecular weight excluding hydrogens is 569 g/mol. The third kappa shape index (κ3) is 4.10. The van der Waals surface area contributed by atoms with Gasteiger partial charge in [-0.25, -0.2) is 0 Å². The lowest BCUT2D eigenvalue weighted by Gasteiger charge is -2.18. The Kier molecular flexibility index (Phi) is 4.34. The lowest BCUT2D eigenvalue weighted by atomic mass is 9.85. The van der Waals surface area contributed by atoms with Crippen molar-refractivity contribution in [3.8, 4) is 33.4 Å². The van der Waals surface area contributed by atoms with Crippen LogP contribution in [0.2, 0.25) is 0 Å². The largest absolute Gasteiger partial charge is 0.456 e. The normalized spacial score (nSPS) is 13.9. The van der Waals surface area contributed by atoms with E-state index in [1.165, 1.54) is 0 Å². The Morgan fingerprint density at radius 3 is 1.62 bits per heavy atom. The van der Waals surface area contributed by atoms with Crippen molar-refractivity contribution in [2.75, 3.05) is 0 Å². The Morgan fingerprint density at radius 1 is 0.362 bits per heavy atom. The molecule has 0 radical (unpaired) electrons. The molecule has 0 bridgehead atoms. The van der Waals surface area contributed by atoms with Crippen LogP contribution in [0.4, 0.5) is 0 Å². The highest BCUT2D eigenvalue weighted by molar-refractivity contribution is 6.22. The van der Waals surface area contributed by atoms with Crippen LogP contribution >= 0.6 is 0 Å². The molecule has 0 saturated carbocycles. The second-order valence-electron chi connectivity index (χ2n) is 11.9. The average molecular weight is 604 g/mol. The summed E-state index contributed by atoms with van der Waals surface area (Å²) in [6, 6.07) is 40.9. The number of hydrogen-bond acceptors (Lipinski definition) is 1. The Balaban J connectivity index is 1.17. The molecule has 218 valence electrons. The van der Waals surface area contributed by atoms with Gasteiger partial charge in [0.1, 0.15) is 11.2 Å². The molecule has 0 fully saturated rings. The highest BCUT2D eigenvalue weighted by atomic mass is 16.3. The number of rotatable bonds is 3. The maximum Gasteiger partial charge on any atom is 0.136 e. The van der Waals surface area contributed by atoms with E-state index in [-0.39, 0.29) is 40.5 Å². The molecule has 0 saturated heterocycles. The average Bonchev–Trinajstić information content (AvgIpc) is 3.55. The highest BCUT2D eigenvalue weighted by Crippen LogP contribution is 2.45. The summed E-state index contributed by atoms with van der Waals surface area (Å²) in [6.45, 7) is 0. The molecule has 9 aromatic carbocycles. The first-order valence-corrected chi connectivity index (χ1v) is 15.6. The highest BCUT2D eigenvalue weighted by Gasteiger charge is 2.18. The van der Waals surface area contributed by atoms with Gasteiger partial charge in [-0.05, 0) is 107 Å². The summed E-state index contributed by atoms with van der Waals surface area (Å²) < 4.78 is 66.0. The number of benzene rings is 9. The van der Waals surface area contributed by atoms with Crippen molar-refractivity contribution in [1.82, 2.24) is 0 Å². The van der Waals surface area contributed by atoms with Gasteiger partial charge in [0.05, 0.1) is 9.60 Å². The molecule has 0 N–H and O–H groups in total. The summed E-state index contributed by atoms with van der Waals surface area (Å²) in [5.41, 5.74) is 6.57. The lowest BCUT2D eigenvalue weighted by Crippen LogP contribution is -1.91. The Morgan fingerprint density at radius 2 is 0.915 bits per heavy atom. The topological polar surface area (TPSA) is 13.1 Å². The molecule has 0 unspecified atom stereocenters. The minimum absolute atomic E-state index is 0.0522. The van der Waals surface area contributed by atoms with E-state index >= 15 is 0 Å². The van der Waals surface area contributed by atoms with E-state index in [1.807, 2.05) is 42.5 Å². The summed E-state index contributed by atoms with van der Waals surface area (Å²) in [7, 11) is 0. The second kappa shape index (κ2) is 10.2. The first-order valence-electron chi connectivity index (χ1n) is 19.1. The van der Waals surface area contributed by atoms with Gasteiger partial charge in [0.25, 0.3) is 0 Å². The van der Waals surface area contributed by atoms with Crippen LogP contribution < -0.4 is 0 Å². The van der Waals surface area contributed by atoms with E-state index in [9.17, 15) is 0 Å². The van der Waals surface area contributed by atoms with Crippen LogP contribution in [0, 0.1) is 0 Å². The van der Waals surface area contributed by atoms with Crippen molar-refractivity contribution >= 4 is 65.0 Å². The zero-order valence-electron chi connectivity index (χ0n) is 32.0. The number of hydrogen-bond donors (Lipinski definition) is 0. The predicted molar refractivity (Wildman–Crippen MR) is 200 cm³/mol. The van der Waals surface area contributed by atoms with E-state index in [2.05, 4.69) is 84.9 Å². The zero-order chi connectivity index (χ0) is 37.0. The van der Waals surface area contributed by atoms with Crippen LogP contribution in [0.1, 0.15) is 9.60 Å². The van der Waals surface area contributed by atoms with Crippen molar-refractivity contribution in [2.45, 2.75) is 0 Å². The van der Waals surface area contributed by atoms with Gasteiger partial charge in [0.2, 0.25) is 0 Å². The first kappa shape index (κ1) is 20.0. The van der Waals surface area contributed by atoms with E-state index in [0.717, 1.165) is 76.5 Å². The van der Waals surface area contributed by atoms with Crippen LogP contribution in [-0.2, 0) is 0 Å². The third-order valence-corrected chi connectivity index (χ3v) is 9.27. The first-order chi connectivity index (χ1) is 26.2. The molecule has 0 spiro atoms. The van der Waals surface area contributed by atoms with Crippen molar-refractivity contribution in [3.05, 3.63) is 170 Å². The van der Waals surface area contributed by atoms with Crippen LogP contribution in [0.15, 0.2) is 174 Å². The molecule has 10 rings (SSSR count). The second-order valence-corrected chi connectivity index (χ2v) is 11.9. The molecule has 0 aliphatic heterocycles. The Labute approximate surface area is 281 Å². The Bertz CT molecular complexity index is 3180. The fourth-order valence-corrected chi connectivity index (χ4v) is 7.10.